The first-order valence-corrected chi connectivity index (χ1v) is 5.79. The van der Waals surface area contributed by atoms with Crippen molar-refractivity contribution in [2.24, 2.45) is 0 Å². The van der Waals surface area contributed by atoms with Crippen LogP contribution in [0.2, 0.25) is 0 Å². The second-order valence-corrected chi connectivity index (χ2v) is 4.28. The molecule has 1 aliphatic rings. The maximum Gasteiger partial charge on any atom is 0.509 e. The zero-order chi connectivity index (χ0) is 13.2. The number of hydrogen-bond donors (Lipinski definition) is 0. The van der Waals surface area contributed by atoms with E-state index in [4.69, 9.17) is 4.74 Å². The SMILES string of the molecule is Fc1ccc([B-](F)(F)F)cc1OC1C=CCCC1. The standard InChI is InChI=1S/C12H12BF4O/c14-11-7-6-9(13(15,16)17)8-12(11)18-10-4-2-1-3-5-10/h2,4,6-8,10H,1,3,5H2/q-1. The Morgan fingerprint density at radius 1 is 1.22 bits per heavy atom. The third-order valence-electron chi connectivity index (χ3n) is 2.82. The molecule has 1 atom stereocenters. The van der Waals surface area contributed by atoms with E-state index in [0.29, 0.717) is 6.42 Å². The van der Waals surface area contributed by atoms with Crippen LogP contribution in [0, 0.1) is 5.82 Å². The lowest BCUT2D eigenvalue weighted by Gasteiger charge is -2.21. The highest BCUT2D eigenvalue weighted by molar-refractivity contribution is 6.73. The van der Waals surface area contributed by atoms with Gasteiger partial charge in [0.15, 0.2) is 11.6 Å². The summed E-state index contributed by atoms with van der Waals surface area (Å²) >= 11 is 0. The van der Waals surface area contributed by atoms with Crippen LogP contribution >= 0.6 is 0 Å². The molecular formula is C12H12BF4O-. The van der Waals surface area contributed by atoms with Crippen molar-refractivity contribution in [3.8, 4) is 5.75 Å². The Hall–Kier alpha value is -1.46. The third kappa shape index (κ3) is 3.06. The van der Waals surface area contributed by atoms with Gasteiger partial charge in [0.05, 0.1) is 0 Å². The maximum atomic E-state index is 13.4. The van der Waals surface area contributed by atoms with Crippen molar-refractivity contribution in [2.45, 2.75) is 25.4 Å². The lowest BCUT2D eigenvalue weighted by Crippen LogP contribution is -2.34. The van der Waals surface area contributed by atoms with Crippen LogP contribution in [0.4, 0.5) is 17.3 Å². The van der Waals surface area contributed by atoms with E-state index >= 15 is 0 Å². The minimum absolute atomic E-state index is 0.330. The molecule has 1 aliphatic carbocycles. The number of allylic oxidation sites excluding steroid dienone is 1. The molecule has 0 bridgehead atoms. The normalized spacial score (nSPS) is 19.9. The Balaban J connectivity index is 2.21. The molecular weight excluding hydrogens is 247 g/mol. The van der Waals surface area contributed by atoms with Gasteiger partial charge in [-0.3, -0.25) is 0 Å². The lowest BCUT2D eigenvalue weighted by atomic mass is 9.80. The topological polar surface area (TPSA) is 9.23 Å². The minimum atomic E-state index is -5.13. The van der Waals surface area contributed by atoms with Gasteiger partial charge in [-0.15, -0.1) is 5.46 Å². The molecule has 1 aromatic rings. The number of rotatable bonds is 3. The summed E-state index contributed by atoms with van der Waals surface area (Å²) in [7, 11) is 0. The maximum absolute atomic E-state index is 13.4. The highest BCUT2D eigenvalue weighted by Gasteiger charge is 2.27. The van der Waals surface area contributed by atoms with Gasteiger partial charge in [0, 0.05) is 0 Å². The van der Waals surface area contributed by atoms with E-state index < -0.39 is 18.3 Å². The van der Waals surface area contributed by atoms with Crippen LogP contribution < -0.4 is 10.2 Å². The van der Waals surface area contributed by atoms with Gasteiger partial charge in [-0.25, -0.2) is 4.39 Å². The summed E-state index contributed by atoms with van der Waals surface area (Å²) in [4.78, 5) is 0. The van der Waals surface area contributed by atoms with Crippen molar-refractivity contribution in [3.63, 3.8) is 0 Å². The van der Waals surface area contributed by atoms with Gasteiger partial charge in [0.25, 0.3) is 0 Å². The molecule has 98 valence electrons. The second-order valence-electron chi connectivity index (χ2n) is 4.28. The largest absolute Gasteiger partial charge is 0.509 e. The van der Waals surface area contributed by atoms with Gasteiger partial charge in [0.2, 0.25) is 0 Å². The van der Waals surface area contributed by atoms with E-state index in [9.17, 15) is 17.3 Å². The summed E-state index contributed by atoms with van der Waals surface area (Å²) in [5.41, 5.74) is -0.841. The molecule has 0 radical (unpaired) electrons. The molecule has 2 rings (SSSR count). The minimum Gasteiger partial charge on any atom is -0.483 e. The number of hydrogen-bond acceptors (Lipinski definition) is 1. The van der Waals surface area contributed by atoms with Gasteiger partial charge in [-0.2, -0.15) is 0 Å². The highest BCUT2D eigenvalue weighted by Crippen LogP contribution is 2.23. The molecule has 0 saturated carbocycles. The molecule has 0 heterocycles. The first kappa shape index (κ1) is 13.0. The van der Waals surface area contributed by atoms with Crippen molar-refractivity contribution in [1.82, 2.24) is 0 Å². The molecule has 0 saturated heterocycles. The number of benzene rings is 1. The monoisotopic (exact) mass is 259 g/mol. The second kappa shape index (κ2) is 5.04. The fourth-order valence-electron chi connectivity index (χ4n) is 1.86. The van der Waals surface area contributed by atoms with Gasteiger partial charge >= 0.3 is 6.98 Å². The molecule has 0 aliphatic heterocycles. The molecule has 0 amide bonds. The molecule has 0 fully saturated rings. The van der Waals surface area contributed by atoms with E-state index in [1.54, 1.807) is 6.08 Å². The van der Waals surface area contributed by atoms with Gasteiger partial charge in [-0.05, 0) is 37.5 Å². The number of ether oxygens (including phenoxy) is 1. The quantitative estimate of drug-likeness (QED) is 0.459. The average Bonchev–Trinajstić information content (AvgIpc) is 2.32. The van der Waals surface area contributed by atoms with Crippen LogP contribution in [-0.4, -0.2) is 13.1 Å². The van der Waals surface area contributed by atoms with Crippen LogP contribution in [-0.2, 0) is 0 Å². The van der Waals surface area contributed by atoms with E-state index in [-0.39, 0.29) is 11.9 Å². The summed E-state index contributed by atoms with van der Waals surface area (Å²) in [5.74, 6) is -1.10. The van der Waals surface area contributed by atoms with Crippen LogP contribution in [0.5, 0.6) is 5.75 Å². The summed E-state index contributed by atoms with van der Waals surface area (Å²) in [6.07, 6.45) is 5.82. The van der Waals surface area contributed by atoms with Crippen LogP contribution in [0.15, 0.2) is 30.4 Å². The molecule has 18 heavy (non-hydrogen) atoms. The third-order valence-corrected chi connectivity index (χ3v) is 2.82. The zero-order valence-electron chi connectivity index (χ0n) is 9.58. The van der Waals surface area contributed by atoms with Crippen LogP contribution in [0.3, 0.4) is 0 Å². The molecule has 0 N–H and O–H groups in total. The van der Waals surface area contributed by atoms with E-state index in [0.717, 1.165) is 31.0 Å². The van der Waals surface area contributed by atoms with Gasteiger partial charge in [0.1, 0.15) is 6.10 Å². The molecule has 1 nitrogen and oxygen atoms in total. The molecule has 1 unspecified atom stereocenters. The summed E-state index contributed by atoms with van der Waals surface area (Å²) in [5, 5.41) is 0. The summed E-state index contributed by atoms with van der Waals surface area (Å²) in [6, 6.07) is 2.27. The first-order chi connectivity index (χ1) is 8.47. The lowest BCUT2D eigenvalue weighted by molar-refractivity contribution is 0.220. The van der Waals surface area contributed by atoms with E-state index in [1.165, 1.54) is 0 Å². The Morgan fingerprint density at radius 2 is 2.00 bits per heavy atom. The van der Waals surface area contributed by atoms with E-state index in [1.807, 2.05) is 6.08 Å². The predicted octanol–water partition coefficient (Wildman–Crippen LogP) is 3.37. The van der Waals surface area contributed by atoms with Crippen molar-refractivity contribution in [2.75, 3.05) is 0 Å². The molecule has 0 spiro atoms. The van der Waals surface area contributed by atoms with Crippen molar-refractivity contribution in [3.05, 3.63) is 36.2 Å². The predicted molar refractivity (Wildman–Crippen MR) is 62.5 cm³/mol. The fourth-order valence-corrected chi connectivity index (χ4v) is 1.86. The highest BCUT2D eigenvalue weighted by atomic mass is 19.4. The Kier molecular flexibility index (Phi) is 3.64. The Bertz CT molecular complexity index is 456. The summed E-state index contributed by atoms with van der Waals surface area (Å²) < 4.78 is 56.3. The molecule has 1 aromatic carbocycles. The summed E-state index contributed by atoms with van der Waals surface area (Å²) in [6.45, 7) is -5.13. The van der Waals surface area contributed by atoms with Crippen LogP contribution in [0.25, 0.3) is 0 Å². The average molecular weight is 259 g/mol. The van der Waals surface area contributed by atoms with Crippen molar-refractivity contribution in [1.29, 1.82) is 0 Å². The fraction of sp³-hybridized carbons (Fsp3) is 0.333. The number of halogens is 4. The first-order valence-electron chi connectivity index (χ1n) is 5.79. The van der Waals surface area contributed by atoms with Gasteiger partial charge < -0.3 is 17.7 Å². The van der Waals surface area contributed by atoms with E-state index in [2.05, 4.69) is 0 Å². The van der Waals surface area contributed by atoms with Crippen LogP contribution in [0.1, 0.15) is 19.3 Å². The molecule has 6 heteroatoms. The van der Waals surface area contributed by atoms with Gasteiger partial charge in [-0.1, -0.05) is 12.1 Å². The Morgan fingerprint density at radius 3 is 2.61 bits per heavy atom. The molecule has 0 aromatic heterocycles. The van der Waals surface area contributed by atoms with Crippen molar-refractivity contribution < 1.29 is 22.1 Å². The smallest absolute Gasteiger partial charge is 0.483 e. The Labute approximate surface area is 103 Å². The van der Waals surface area contributed by atoms with Crippen molar-refractivity contribution >= 4 is 12.4 Å². The zero-order valence-corrected chi connectivity index (χ0v) is 9.58.